The number of hydrogen-bond acceptors (Lipinski definition) is 2. The molecule has 102 valence electrons. The second-order valence-corrected chi connectivity index (χ2v) is 8.22. The van der Waals surface area contributed by atoms with Crippen molar-refractivity contribution in [1.82, 2.24) is 0 Å². The zero-order chi connectivity index (χ0) is 13.8. The third kappa shape index (κ3) is 4.63. The van der Waals surface area contributed by atoms with Gasteiger partial charge in [-0.15, -0.1) is 0 Å². The Morgan fingerprint density at radius 2 is 1.72 bits per heavy atom. The summed E-state index contributed by atoms with van der Waals surface area (Å²) in [5.74, 6) is -0.803. The number of hydrogen-bond donors (Lipinski definition) is 0. The summed E-state index contributed by atoms with van der Waals surface area (Å²) < 4.78 is 57.7. The topological polar surface area (TPSA) is 34.1 Å². The number of rotatable bonds is 5. The SMILES string of the molecule is Cc1ccc(C[Se]CCS(=O)(=O)C(F)(F)F)cc1. The summed E-state index contributed by atoms with van der Waals surface area (Å²) in [7, 11) is -4.94. The van der Waals surface area contributed by atoms with Crippen LogP contribution in [0.5, 0.6) is 0 Å². The fourth-order valence-corrected chi connectivity index (χ4v) is 5.05. The van der Waals surface area contributed by atoms with Gasteiger partial charge in [0.05, 0.1) is 0 Å². The number of aryl methyl sites for hydroxylation is 1. The average Bonchev–Trinajstić information content (AvgIpc) is 2.25. The van der Waals surface area contributed by atoms with Gasteiger partial charge in [-0.25, -0.2) is 0 Å². The first-order valence-electron chi connectivity index (χ1n) is 5.15. The van der Waals surface area contributed by atoms with Gasteiger partial charge in [-0.3, -0.25) is 0 Å². The van der Waals surface area contributed by atoms with Crippen LogP contribution in [0.25, 0.3) is 0 Å². The van der Waals surface area contributed by atoms with Gasteiger partial charge in [-0.1, -0.05) is 0 Å². The molecule has 0 aliphatic heterocycles. The first-order chi connectivity index (χ1) is 8.22. The van der Waals surface area contributed by atoms with E-state index in [1.54, 1.807) is 0 Å². The summed E-state index contributed by atoms with van der Waals surface area (Å²) in [4.78, 5) is 0. The molecule has 2 nitrogen and oxygen atoms in total. The summed E-state index contributed by atoms with van der Waals surface area (Å²) in [5.41, 5.74) is -2.97. The van der Waals surface area contributed by atoms with Gasteiger partial charge in [-0.05, 0) is 0 Å². The molecule has 0 saturated carbocycles. The normalized spacial score (nSPS) is 12.7. The molecular formula is C11H13F3O2SSe. The Kier molecular flexibility index (Phi) is 5.25. The van der Waals surface area contributed by atoms with Crippen molar-refractivity contribution in [2.75, 3.05) is 5.75 Å². The predicted octanol–water partition coefficient (Wildman–Crippen LogP) is 2.55. The molecule has 1 aromatic rings. The Morgan fingerprint density at radius 3 is 2.22 bits per heavy atom. The van der Waals surface area contributed by atoms with E-state index in [9.17, 15) is 21.6 Å². The minimum absolute atomic E-state index is 0.0860. The Bertz CT molecular complexity index is 480. The summed E-state index contributed by atoms with van der Waals surface area (Å²) in [5, 5.41) is 0.739. The monoisotopic (exact) mass is 346 g/mol. The van der Waals surface area contributed by atoms with Crippen molar-refractivity contribution in [2.24, 2.45) is 0 Å². The van der Waals surface area contributed by atoms with Crippen LogP contribution < -0.4 is 0 Å². The van der Waals surface area contributed by atoms with E-state index in [0.717, 1.165) is 11.1 Å². The first kappa shape index (κ1) is 15.5. The standard InChI is InChI=1S/C11H13F3O2SSe/c1-9-2-4-10(5-3-9)8-18-7-6-17(15,16)11(12,13)14/h2-5H,6-8H2,1H3. The van der Waals surface area contributed by atoms with Crippen molar-refractivity contribution in [2.45, 2.75) is 23.1 Å². The number of benzene rings is 1. The van der Waals surface area contributed by atoms with Crippen LogP contribution in [-0.4, -0.2) is 34.6 Å². The van der Waals surface area contributed by atoms with Gasteiger partial charge in [0, 0.05) is 0 Å². The van der Waals surface area contributed by atoms with Gasteiger partial charge in [0.2, 0.25) is 0 Å². The third-order valence-corrected chi connectivity index (χ3v) is 6.43. The van der Waals surface area contributed by atoms with Crippen molar-refractivity contribution < 1.29 is 21.6 Å². The molecule has 0 aromatic heterocycles. The van der Waals surface area contributed by atoms with Gasteiger partial charge in [0.15, 0.2) is 0 Å². The summed E-state index contributed by atoms with van der Waals surface area (Å²) in [6.45, 7) is 1.95. The molecule has 1 rings (SSSR count). The third-order valence-electron chi connectivity index (χ3n) is 2.24. The van der Waals surface area contributed by atoms with Crippen LogP contribution in [0.3, 0.4) is 0 Å². The Labute approximate surface area is 111 Å². The molecule has 0 unspecified atom stereocenters. The van der Waals surface area contributed by atoms with Crippen LogP contribution in [0, 0.1) is 6.92 Å². The molecule has 0 N–H and O–H groups in total. The van der Waals surface area contributed by atoms with E-state index in [2.05, 4.69) is 0 Å². The molecule has 0 saturated heterocycles. The van der Waals surface area contributed by atoms with E-state index in [1.165, 1.54) is 0 Å². The van der Waals surface area contributed by atoms with E-state index >= 15 is 0 Å². The van der Waals surface area contributed by atoms with Gasteiger partial charge < -0.3 is 0 Å². The van der Waals surface area contributed by atoms with E-state index in [1.807, 2.05) is 31.2 Å². The molecule has 0 aliphatic carbocycles. The molecule has 18 heavy (non-hydrogen) atoms. The van der Waals surface area contributed by atoms with E-state index in [4.69, 9.17) is 0 Å². The van der Waals surface area contributed by atoms with Crippen LogP contribution in [0.2, 0.25) is 5.32 Å². The maximum atomic E-state index is 12.0. The van der Waals surface area contributed by atoms with E-state index in [-0.39, 0.29) is 20.3 Å². The fraction of sp³-hybridized carbons (Fsp3) is 0.455. The molecular weight excluding hydrogens is 332 g/mol. The maximum absolute atomic E-state index is 12.0. The van der Waals surface area contributed by atoms with Crippen molar-refractivity contribution in [3.8, 4) is 0 Å². The molecule has 0 heterocycles. The van der Waals surface area contributed by atoms with Gasteiger partial charge in [-0.2, -0.15) is 0 Å². The zero-order valence-electron chi connectivity index (χ0n) is 9.70. The molecule has 0 atom stereocenters. The average molecular weight is 345 g/mol. The van der Waals surface area contributed by atoms with Crippen molar-refractivity contribution in [3.05, 3.63) is 35.4 Å². The first-order valence-corrected chi connectivity index (χ1v) is 9.22. The van der Waals surface area contributed by atoms with Crippen molar-refractivity contribution in [3.63, 3.8) is 0 Å². The van der Waals surface area contributed by atoms with E-state index < -0.39 is 21.1 Å². The van der Waals surface area contributed by atoms with Gasteiger partial charge in [0.1, 0.15) is 0 Å². The van der Waals surface area contributed by atoms with Crippen LogP contribution >= 0.6 is 0 Å². The Hall–Kier alpha value is -0.521. The van der Waals surface area contributed by atoms with Crippen LogP contribution in [0.4, 0.5) is 13.2 Å². The minimum atomic E-state index is -5.12. The van der Waals surface area contributed by atoms with Crippen molar-refractivity contribution in [1.29, 1.82) is 0 Å². The second kappa shape index (κ2) is 6.08. The Balaban J connectivity index is 2.38. The molecule has 0 fully saturated rings. The van der Waals surface area contributed by atoms with Crippen LogP contribution in [0.15, 0.2) is 24.3 Å². The van der Waals surface area contributed by atoms with E-state index in [0.29, 0.717) is 5.32 Å². The van der Waals surface area contributed by atoms with Crippen LogP contribution in [0.1, 0.15) is 11.1 Å². The molecule has 0 amide bonds. The summed E-state index contributed by atoms with van der Waals surface area (Å²) >= 11 is -0.131. The molecule has 1 aromatic carbocycles. The predicted molar refractivity (Wildman–Crippen MR) is 65.3 cm³/mol. The molecule has 7 heteroatoms. The van der Waals surface area contributed by atoms with Gasteiger partial charge >= 0.3 is 111 Å². The molecule has 0 aliphatic rings. The zero-order valence-corrected chi connectivity index (χ0v) is 12.2. The summed E-state index contributed by atoms with van der Waals surface area (Å²) in [6, 6.07) is 7.68. The number of halogens is 3. The number of alkyl halides is 3. The van der Waals surface area contributed by atoms with Crippen LogP contribution in [-0.2, 0) is 15.2 Å². The molecule has 0 bridgehead atoms. The quantitative estimate of drug-likeness (QED) is 0.607. The number of sulfone groups is 1. The molecule has 0 spiro atoms. The van der Waals surface area contributed by atoms with Crippen molar-refractivity contribution >= 4 is 24.8 Å². The summed E-state index contributed by atoms with van der Waals surface area (Å²) in [6.07, 6.45) is 0. The molecule has 0 radical (unpaired) electrons. The fourth-order valence-electron chi connectivity index (χ4n) is 1.16. The second-order valence-electron chi connectivity index (χ2n) is 3.80. The van der Waals surface area contributed by atoms with Gasteiger partial charge in [0.25, 0.3) is 0 Å². The Morgan fingerprint density at radius 1 is 1.17 bits per heavy atom.